The Morgan fingerprint density at radius 1 is 1.44 bits per heavy atom. The Hall–Kier alpha value is -0.580. The van der Waals surface area contributed by atoms with Crippen LogP contribution in [0.1, 0.15) is 13.8 Å². The van der Waals surface area contributed by atoms with Crippen molar-refractivity contribution in [1.29, 1.82) is 0 Å². The number of para-hydroxylation sites is 1. The van der Waals surface area contributed by atoms with Gasteiger partial charge in [-0.15, -0.1) is 11.3 Å². The molecular formula is C12H16N2S2. The predicted molar refractivity (Wildman–Crippen MR) is 73.5 cm³/mol. The van der Waals surface area contributed by atoms with Gasteiger partial charge in [0.15, 0.2) is 4.34 Å². The van der Waals surface area contributed by atoms with Crippen LogP contribution in [0.2, 0.25) is 0 Å². The molecule has 0 radical (unpaired) electrons. The topological polar surface area (TPSA) is 24.9 Å². The van der Waals surface area contributed by atoms with Crippen molar-refractivity contribution < 1.29 is 0 Å². The number of nitrogens with one attached hydrogen (secondary N) is 1. The Bertz CT molecular complexity index is 420. The van der Waals surface area contributed by atoms with Crippen LogP contribution >= 0.6 is 23.1 Å². The molecule has 0 spiro atoms. The first kappa shape index (κ1) is 11.9. The van der Waals surface area contributed by atoms with Crippen molar-refractivity contribution in [3.63, 3.8) is 0 Å². The average Bonchev–Trinajstić information content (AvgIpc) is 2.69. The number of thioether (sulfide) groups is 1. The molecule has 2 rings (SSSR count). The highest BCUT2D eigenvalue weighted by molar-refractivity contribution is 8.01. The number of hydrogen-bond donors (Lipinski definition) is 1. The molecule has 1 unspecified atom stereocenters. The summed E-state index contributed by atoms with van der Waals surface area (Å²) in [6, 6.07) is 8.85. The van der Waals surface area contributed by atoms with Crippen LogP contribution in [0.5, 0.6) is 0 Å². The van der Waals surface area contributed by atoms with Crippen LogP contribution < -0.4 is 5.32 Å². The smallest absolute Gasteiger partial charge is 0.151 e. The van der Waals surface area contributed by atoms with Gasteiger partial charge in [0.25, 0.3) is 0 Å². The van der Waals surface area contributed by atoms with E-state index in [0.29, 0.717) is 6.04 Å². The first-order valence-corrected chi connectivity index (χ1v) is 7.31. The van der Waals surface area contributed by atoms with Crippen molar-refractivity contribution in [2.75, 3.05) is 12.3 Å². The summed E-state index contributed by atoms with van der Waals surface area (Å²) >= 11 is 3.62. The number of rotatable bonds is 5. The highest BCUT2D eigenvalue weighted by atomic mass is 32.2. The quantitative estimate of drug-likeness (QED) is 0.826. The van der Waals surface area contributed by atoms with Crippen LogP contribution in [-0.2, 0) is 0 Å². The molecule has 2 nitrogen and oxygen atoms in total. The molecular weight excluding hydrogens is 236 g/mol. The number of hydrogen-bond acceptors (Lipinski definition) is 4. The number of benzene rings is 1. The van der Waals surface area contributed by atoms with Crippen molar-refractivity contribution in [3.05, 3.63) is 24.3 Å². The minimum Gasteiger partial charge on any atom is -0.314 e. The number of thiazole rings is 1. The average molecular weight is 252 g/mol. The number of nitrogens with zero attached hydrogens (tertiary/aromatic N) is 1. The van der Waals surface area contributed by atoms with Crippen molar-refractivity contribution in [2.45, 2.75) is 24.2 Å². The number of aromatic nitrogens is 1. The zero-order chi connectivity index (χ0) is 11.4. The Balaban J connectivity index is 1.99. The lowest BCUT2D eigenvalue weighted by Gasteiger charge is -2.09. The molecule has 4 heteroatoms. The van der Waals surface area contributed by atoms with Gasteiger partial charge in [0, 0.05) is 11.8 Å². The molecule has 0 saturated carbocycles. The van der Waals surface area contributed by atoms with Crippen LogP contribution in [0.25, 0.3) is 10.2 Å². The molecule has 0 aliphatic carbocycles. The van der Waals surface area contributed by atoms with E-state index in [4.69, 9.17) is 0 Å². The third-order valence-electron chi connectivity index (χ3n) is 2.28. The van der Waals surface area contributed by atoms with Gasteiger partial charge in [0.1, 0.15) is 0 Å². The molecule has 2 aromatic rings. The molecule has 1 atom stereocenters. The Morgan fingerprint density at radius 3 is 3.00 bits per heavy atom. The summed E-state index contributed by atoms with van der Waals surface area (Å²) in [4.78, 5) is 4.60. The van der Waals surface area contributed by atoms with Crippen LogP contribution in [0.3, 0.4) is 0 Å². The van der Waals surface area contributed by atoms with E-state index in [1.807, 2.05) is 17.8 Å². The summed E-state index contributed by atoms with van der Waals surface area (Å²) in [7, 11) is 0. The lowest BCUT2D eigenvalue weighted by Crippen LogP contribution is -2.27. The summed E-state index contributed by atoms with van der Waals surface area (Å²) in [5.74, 6) is 1.08. The van der Waals surface area contributed by atoms with Gasteiger partial charge >= 0.3 is 0 Å². The van der Waals surface area contributed by atoms with E-state index in [2.05, 4.69) is 42.3 Å². The maximum Gasteiger partial charge on any atom is 0.151 e. The van der Waals surface area contributed by atoms with E-state index < -0.39 is 0 Å². The van der Waals surface area contributed by atoms with E-state index in [1.165, 1.54) is 9.04 Å². The molecule has 1 heterocycles. The third kappa shape index (κ3) is 2.97. The summed E-state index contributed by atoms with van der Waals surface area (Å²) < 4.78 is 2.45. The van der Waals surface area contributed by atoms with Gasteiger partial charge in [-0.1, -0.05) is 30.8 Å². The maximum atomic E-state index is 4.60. The monoisotopic (exact) mass is 252 g/mol. The Morgan fingerprint density at radius 2 is 2.25 bits per heavy atom. The summed E-state index contributed by atoms with van der Waals surface area (Å²) in [5, 5.41) is 3.41. The van der Waals surface area contributed by atoms with Crippen molar-refractivity contribution in [3.8, 4) is 0 Å². The molecule has 0 saturated heterocycles. The van der Waals surface area contributed by atoms with E-state index in [-0.39, 0.29) is 0 Å². The Kier molecular flexibility index (Phi) is 4.21. The van der Waals surface area contributed by atoms with Crippen LogP contribution in [0.4, 0.5) is 0 Å². The first-order chi connectivity index (χ1) is 7.79. The molecule has 1 N–H and O–H groups in total. The molecule has 0 aliphatic rings. The zero-order valence-corrected chi connectivity index (χ0v) is 11.2. The molecule has 1 aromatic heterocycles. The molecule has 86 valence electrons. The lowest BCUT2D eigenvalue weighted by molar-refractivity contribution is 0.620. The van der Waals surface area contributed by atoms with E-state index in [1.54, 1.807) is 11.3 Å². The van der Waals surface area contributed by atoms with E-state index in [9.17, 15) is 0 Å². The summed E-state index contributed by atoms with van der Waals surface area (Å²) in [6.45, 7) is 5.38. The van der Waals surface area contributed by atoms with E-state index in [0.717, 1.165) is 17.8 Å². The molecule has 0 fully saturated rings. The van der Waals surface area contributed by atoms with Gasteiger partial charge < -0.3 is 5.32 Å². The largest absolute Gasteiger partial charge is 0.314 e. The normalized spacial score (nSPS) is 13.1. The second-order valence-electron chi connectivity index (χ2n) is 3.72. The van der Waals surface area contributed by atoms with Gasteiger partial charge in [-0.3, -0.25) is 0 Å². The van der Waals surface area contributed by atoms with E-state index >= 15 is 0 Å². The Labute approximate surface area is 104 Å². The van der Waals surface area contributed by atoms with Gasteiger partial charge in [0.05, 0.1) is 10.2 Å². The predicted octanol–water partition coefficient (Wildman–Crippen LogP) is 3.39. The highest BCUT2D eigenvalue weighted by Crippen LogP contribution is 2.29. The van der Waals surface area contributed by atoms with Crippen LogP contribution in [-0.4, -0.2) is 23.3 Å². The number of fused-ring (bicyclic) bond motifs is 1. The van der Waals surface area contributed by atoms with Crippen molar-refractivity contribution >= 4 is 33.3 Å². The molecule has 0 aliphatic heterocycles. The lowest BCUT2D eigenvalue weighted by atomic mass is 10.3. The van der Waals surface area contributed by atoms with Gasteiger partial charge in [0.2, 0.25) is 0 Å². The van der Waals surface area contributed by atoms with Crippen LogP contribution in [0, 0.1) is 0 Å². The highest BCUT2D eigenvalue weighted by Gasteiger charge is 2.06. The van der Waals surface area contributed by atoms with Crippen molar-refractivity contribution in [1.82, 2.24) is 10.3 Å². The fraction of sp³-hybridized carbons (Fsp3) is 0.417. The maximum absolute atomic E-state index is 4.60. The molecule has 0 amide bonds. The van der Waals surface area contributed by atoms with Gasteiger partial charge in [-0.05, 0) is 25.6 Å². The van der Waals surface area contributed by atoms with Crippen molar-refractivity contribution in [2.24, 2.45) is 0 Å². The second kappa shape index (κ2) is 5.66. The van der Waals surface area contributed by atoms with Crippen LogP contribution in [0.15, 0.2) is 28.6 Å². The first-order valence-electron chi connectivity index (χ1n) is 5.51. The standard InChI is InChI=1S/C12H16N2S2/c1-3-13-9(2)8-15-12-14-10-6-4-5-7-11(10)16-12/h4-7,9,13H,3,8H2,1-2H3. The second-order valence-corrected chi connectivity index (χ2v) is 6.02. The molecule has 1 aromatic carbocycles. The third-order valence-corrected chi connectivity index (χ3v) is 4.72. The molecule has 16 heavy (non-hydrogen) atoms. The zero-order valence-electron chi connectivity index (χ0n) is 9.56. The molecule has 0 bridgehead atoms. The van der Waals surface area contributed by atoms with Gasteiger partial charge in [-0.2, -0.15) is 0 Å². The fourth-order valence-electron chi connectivity index (χ4n) is 1.52. The minimum absolute atomic E-state index is 0.544. The minimum atomic E-state index is 0.544. The summed E-state index contributed by atoms with van der Waals surface area (Å²) in [6.07, 6.45) is 0. The SMILES string of the molecule is CCNC(C)CSc1nc2ccccc2s1. The fourth-order valence-corrected chi connectivity index (χ4v) is 3.60. The van der Waals surface area contributed by atoms with Gasteiger partial charge in [-0.25, -0.2) is 4.98 Å². The summed E-state index contributed by atoms with van der Waals surface area (Å²) in [5.41, 5.74) is 1.12.